The van der Waals surface area contributed by atoms with E-state index in [1.165, 1.54) is 0 Å². The van der Waals surface area contributed by atoms with E-state index in [4.69, 9.17) is 5.26 Å². The molecule has 0 aliphatic carbocycles. The summed E-state index contributed by atoms with van der Waals surface area (Å²) in [6.45, 7) is 1.80. The van der Waals surface area contributed by atoms with Gasteiger partial charge in [-0.25, -0.2) is 4.39 Å². The molecule has 1 aromatic rings. The first kappa shape index (κ1) is 9.73. The van der Waals surface area contributed by atoms with E-state index in [9.17, 15) is 4.39 Å². The molecule has 1 aromatic carbocycles. The van der Waals surface area contributed by atoms with Crippen LogP contribution >= 0.6 is 0 Å². The molecule has 0 amide bonds. The number of alkyl halides is 1. The average molecular weight is 177 g/mol. The zero-order valence-corrected chi connectivity index (χ0v) is 7.57. The molecule has 1 rings (SSSR count). The summed E-state index contributed by atoms with van der Waals surface area (Å²) in [6.07, 6.45) is -1.09. The van der Waals surface area contributed by atoms with Crippen LogP contribution in [0.3, 0.4) is 0 Å². The van der Waals surface area contributed by atoms with Gasteiger partial charge in [0.15, 0.2) is 0 Å². The van der Waals surface area contributed by atoms with Crippen LogP contribution in [-0.2, 0) is 0 Å². The minimum absolute atomic E-state index is 0.0317. The molecule has 0 spiro atoms. The third-order valence-corrected chi connectivity index (χ3v) is 2.15. The van der Waals surface area contributed by atoms with Gasteiger partial charge in [-0.2, -0.15) is 5.26 Å². The van der Waals surface area contributed by atoms with Gasteiger partial charge >= 0.3 is 0 Å². The highest BCUT2D eigenvalue weighted by molar-refractivity contribution is 5.20. The van der Waals surface area contributed by atoms with Gasteiger partial charge in [0.25, 0.3) is 0 Å². The van der Waals surface area contributed by atoms with E-state index in [-0.39, 0.29) is 12.3 Å². The predicted octanol–water partition coefficient (Wildman–Crippen LogP) is 3.04. The van der Waals surface area contributed by atoms with Crippen LogP contribution in [-0.4, -0.2) is 6.17 Å². The number of hydrogen-bond donors (Lipinski definition) is 0. The molecule has 13 heavy (non-hydrogen) atoms. The van der Waals surface area contributed by atoms with E-state index >= 15 is 0 Å². The lowest BCUT2D eigenvalue weighted by molar-refractivity contribution is 0.296. The van der Waals surface area contributed by atoms with E-state index in [0.29, 0.717) is 0 Å². The first-order chi connectivity index (χ1) is 6.25. The van der Waals surface area contributed by atoms with Crippen molar-refractivity contribution in [1.29, 1.82) is 5.26 Å². The molecule has 0 aromatic heterocycles. The molecule has 2 heteroatoms. The number of rotatable bonds is 3. The van der Waals surface area contributed by atoms with Gasteiger partial charge in [0, 0.05) is 5.92 Å². The van der Waals surface area contributed by atoms with Gasteiger partial charge in [-0.15, -0.1) is 0 Å². The molecule has 2 atom stereocenters. The van der Waals surface area contributed by atoms with Gasteiger partial charge in [0.2, 0.25) is 0 Å². The van der Waals surface area contributed by atoms with E-state index < -0.39 is 6.17 Å². The first-order valence-corrected chi connectivity index (χ1v) is 4.31. The Bertz CT molecular complexity index is 289. The van der Waals surface area contributed by atoms with Crippen molar-refractivity contribution in [2.75, 3.05) is 0 Å². The summed E-state index contributed by atoms with van der Waals surface area (Å²) < 4.78 is 13.3. The zero-order chi connectivity index (χ0) is 9.68. The molecule has 1 nitrogen and oxygen atoms in total. The summed E-state index contributed by atoms with van der Waals surface area (Å²) in [6, 6.07) is 11.3. The predicted molar refractivity (Wildman–Crippen MR) is 50.0 cm³/mol. The SMILES string of the molecule is C[C@H](c1ccccc1)[C@@H](F)CC#N. The van der Waals surface area contributed by atoms with Crippen molar-refractivity contribution in [1.82, 2.24) is 0 Å². The Morgan fingerprint density at radius 3 is 2.54 bits per heavy atom. The van der Waals surface area contributed by atoms with Gasteiger partial charge in [0.05, 0.1) is 12.5 Å². The second-order valence-corrected chi connectivity index (χ2v) is 3.08. The third kappa shape index (κ3) is 2.55. The van der Waals surface area contributed by atoms with Crippen LogP contribution in [0.25, 0.3) is 0 Å². The molecule has 0 aliphatic rings. The lowest BCUT2D eigenvalue weighted by atomic mass is 9.95. The van der Waals surface area contributed by atoms with Crippen LogP contribution in [0, 0.1) is 11.3 Å². The van der Waals surface area contributed by atoms with Crippen molar-refractivity contribution in [2.24, 2.45) is 0 Å². The summed E-state index contributed by atoms with van der Waals surface area (Å²) in [7, 11) is 0. The fourth-order valence-corrected chi connectivity index (χ4v) is 1.23. The van der Waals surface area contributed by atoms with Gasteiger partial charge in [-0.3, -0.25) is 0 Å². The molecule has 0 radical (unpaired) electrons. The second-order valence-electron chi connectivity index (χ2n) is 3.08. The summed E-state index contributed by atoms with van der Waals surface area (Å²) in [4.78, 5) is 0. The maximum absolute atomic E-state index is 13.3. The van der Waals surface area contributed by atoms with Crippen molar-refractivity contribution in [3.8, 4) is 6.07 Å². The number of hydrogen-bond acceptors (Lipinski definition) is 1. The molecule has 0 aliphatic heterocycles. The maximum atomic E-state index is 13.3. The van der Waals surface area contributed by atoms with Crippen LogP contribution in [0.4, 0.5) is 4.39 Å². The van der Waals surface area contributed by atoms with E-state index in [2.05, 4.69) is 0 Å². The van der Waals surface area contributed by atoms with Gasteiger partial charge in [-0.1, -0.05) is 37.3 Å². The summed E-state index contributed by atoms with van der Waals surface area (Å²) in [5.41, 5.74) is 0.949. The quantitative estimate of drug-likeness (QED) is 0.696. The van der Waals surface area contributed by atoms with Crippen molar-refractivity contribution in [3.63, 3.8) is 0 Å². The average Bonchev–Trinajstić information content (AvgIpc) is 2.18. The summed E-state index contributed by atoms with van der Waals surface area (Å²) >= 11 is 0. The molecule has 68 valence electrons. The Hall–Kier alpha value is -1.36. The minimum Gasteiger partial charge on any atom is -0.246 e. The molecule has 0 unspecified atom stereocenters. The van der Waals surface area contributed by atoms with Crippen molar-refractivity contribution in [3.05, 3.63) is 35.9 Å². The topological polar surface area (TPSA) is 23.8 Å². The number of halogens is 1. The Kier molecular flexibility index (Phi) is 3.45. The Morgan fingerprint density at radius 2 is 2.00 bits per heavy atom. The summed E-state index contributed by atoms with van der Waals surface area (Å²) in [5, 5.41) is 8.34. The van der Waals surface area contributed by atoms with Crippen LogP contribution in [0.15, 0.2) is 30.3 Å². The largest absolute Gasteiger partial charge is 0.246 e. The van der Waals surface area contributed by atoms with E-state index in [1.54, 1.807) is 6.92 Å². The number of nitriles is 1. The Balaban J connectivity index is 2.69. The highest BCUT2D eigenvalue weighted by Crippen LogP contribution is 2.22. The fraction of sp³-hybridized carbons (Fsp3) is 0.364. The van der Waals surface area contributed by atoms with E-state index in [0.717, 1.165) is 5.56 Å². The molecule has 0 saturated heterocycles. The second kappa shape index (κ2) is 4.61. The number of benzene rings is 1. The van der Waals surface area contributed by atoms with Gasteiger partial charge < -0.3 is 0 Å². The molecular formula is C11H12FN. The molecule has 0 saturated carbocycles. The van der Waals surface area contributed by atoms with Gasteiger partial charge in [0.1, 0.15) is 6.17 Å². The first-order valence-electron chi connectivity index (χ1n) is 4.31. The zero-order valence-electron chi connectivity index (χ0n) is 7.57. The fourth-order valence-electron chi connectivity index (χ4n) is 1.23. The highest BCUT2D eigenvalue weighted by Gasteiger charge is 2.16. The lowest BCUT2D eigenvalue weighted by Gasteiger charge is -2.13. The monoisotopic (exact) mass is 177 g/mol. The maximum Gasteiger partial charge on any atom is 0.120 e. The number of nitrogens with zero attached hydrogens (tertiary/aromatic N) is 1. The molecule has 0 bridgehead atoms. The van der Waals surface area contributed by atoms with E-state index in [1.807, 2.05) is 36.4 Å². The Morgan fingerprint density at radius 1 is 1.38 bits per heavy atom. The van der Waals surface area contributed by atoms with Crippen LogP contribution < -0.4 is 0 Å². The van der Waals surface area contributed by atoms with Gasteiger partial charge in [-0.05, 0) is 5.56 Å². The van der Waals surface area contributed by atoms with Crippen LogP contribution in [0.2, 0.25) is 0 Å². The highest BCUT2D eigenvalue weighted by atomic mass is 19.1. The lowest BCUT2D eigenvalue weighted by Crippen LogP contribution is -2.09. The smallest absolute Gasteiger partial charge is 0.120 e. The summed E-state index contributed by atoms with van der Waals surface area (Å²) in [5.74, 6) is -0.194. The standard InChI is InChI=1S/C11H12FN/c1-9(11(12)7-8-13)10-5-3-2-4-6-10/h2-6,9,11H,7H2,1H3/t9-,11+/m1/s1. The molecule has 0 heterocycles. The van der Waals surface area contributed by atoms with Crippen molar-refractivity contribution in [2.45, 2.75) is 25.4 Å². The van der Waals surface area contributed by atoms with Crippen molar-refractivity contribution < 1.29 is 4.39 Å². The van der Waals surface area contributed by atoms with Crippen molar-refractivity contribution >= 4 is 0 Å². The molecule has 0 N–H and O–H groups in total. The normalized spacial score (nSPS) is 14.5. The minimum atomic E-state index is -1.06. The molecular weight excluding hydrogens is 165 g/mol. The van der Waals surface area contributed by atoms with Crippen LogP contribution in [0.5, 0.6) is 0 Å². The third-order valence-electron chi connectivity index (χ3n) is 2.15. The van der Waals surface area contributed by atoms with Crippen LogP contribution in [0.1, 0.15) is 24.8 Å². The molecule has 0 fully saturated rings. The Labute approximate surface area is 77.8 Å².